The van der Waals surface area contributed by atoms with Crippen molar-refractivity contribution in [2.45, 2.75) is 13.8 Å². The highest BCUT2D eigenvalue weighted by Crippen LogP contribution is 2.24. The number of carbonyl (C=O) groups excluding carboxylic acids is 1. The standard InChI is InChI=1S/C11H11ClN2O/c1-6(2)11(15)7-3-8-5-13-14-10(8)9(12)4-7/h3-6H,1-2H3,(H,13,14). The zero-order chi connectivity index (χ0) is 11.0. The van der Waals surface area contributed by atoms with Crippen LogP contribution in [0.2, 0.25) is 5.02 Å². The van der Waals surface area contributed by atoms with E-state index in [0.717, 1.165) is 10.9 Å². The molecule has 0 amide bonds. The Morgan fingerprint density at radius 1 is 1.47 bits per heavy atom. The monoisotopic (exact) mass is 222 g/mol. The smallest absolute Gasteiger partial charge is 0.165 e. The van der Waals surface area contributed by atoms with Gasteiger partial charge in [0.25, 0.3) is 0 Å². The van der Waals surface area contributed by atoms with Crippen molar-refractivity contribution in [2.75, 3.05) is 0 Å². The van der Waals surface area contributed by atoms with E-state index in [1.54, 1.807) is 12.3 Å². The number of aromatic nitrogens is 2. The zero-order valence-corrected chi connectivity index (χ0v) is 9.30. The molecule has 0 aliphatic carbocycles. The summed E-state index contributed by atoms with van der Waals surface area (Å²) in [6, 6.07) is 3.50. The third-order valence-corrected chi connectivity index (χ3v) is 2.61. The predicted octanol–water partition coefficient (Wildman–Crippen LogP) is 3.06. The molecule has 0 aliphatic rings. The summed E-state index contributed by atoms with van der Waals surface area (Å²) < 4.78 is 0. The maximum atomic E-state index is 11.8. The number of aromatic amines is 1. The van der Waals surface area contributed by atoms with Crippen molar-refractivity contribution in [1.82, 2.24) is 10.2 Å². The van der Waals surface area contributed by atoms with Gasteiger partial charge in [-0.05, 0) is 12.1 Å². The number of fused-ring (bicyclic) bond motifs is 1. The van der Waals surface area contributed by atoms with Crippen LogP contribution in [0.25, 0.3) is 10.9 Å². The molecule has 2 rings (SSSR count). The minimum absolute atomic E-state index is 0.0228. The molecule has 0 atom stereocenters. The number of H-pyrrole nitrogens is 1. The van der Waals surface area contributed by atoms with Gasteiger partial charge in [-0.3, -0.25) is 9.89 Å². The quantitative estimate of drug-likeness (QED) is 0.794. The molecule has 0 radical (unpaired) electrons. The van der Waals surface area contributed by atoms with E-state index in [-0.39, 0.29) is 11.7 Å². The van der Waals surface area contributed by atoms with E-state index in [2.05, 4.69) is 10.2 Å². The molecule has 1 N–H and O–H groups in total. The van der Waals surface area contributed by atoms with Crippen LogP contribution >= 0.6 is 11.6 Å². The topological polar surface area (TPSA) is 45.8 Å². The lowest BCUT2D eigenvalue weighted by molar-refractivity contribution is 0.0939. The van der Waals surface area contributed by atoms with E-state index in [0.29, 0.717) is 10.6 Å². The molecule has 0 aliphatic heterocycles. The molecule has 0 unspecified atom stereocenters. The van der Waals surface area contributed by atoms with Gasteiger partial charge in [0, 0.05) is 16.9 Å². The Hall–Kier alpha value is -1.35. The second-order valence-corrected chi connectivity index (χ2v) is 4.22. The number of nitrogens with one attached hydrogen (secondary N) is 1. The second-order valence-electron chi connectivity index (χ2n) is 3.81. The number of rotatable bonds is 2. The fourth-order valence-corrected chi connectivity index (χ4v) is 1.76. The normalized spacial score (nSPS) is 11.2. The number of benzene rings is 1. The Kier molecular flexibility index (Phi) is 2.49. The average molecular weight is 223 g/mol. The Morgan fingerprint density at radius 2 is 2.20 bits per heavy atom. The van der Waals surface area contributed by atoms with Crippen LogP contribution in [0.3, 0.4) is 0 Å². The van der Waals surface area contributed by atoms with E-state index < -0.39 is 0 Å². The highest BCUT2D eigenvalue weighted by Gasteiger charge is 2.13. The SMILES string of the molecule is CC(C)C(=O)c1cc(Cl)c2[nH]ncc2c1. The van der Waals surface area contributed by atoms with Gasteiger partial charge >= 0.3 is 0 Å². The molecule has 0 saturated heterocycles. The maximum Gasteiger partial charge on any atom is 0.165 e. The van der Waals surface area contributed by atoms with E-state index in [1.807, 2.05) is 19.9 Å². The van der Waals surface area contributed by atoms with Crippen molar-refractivity contribution >= 4 is 28.3 Å². The molecule has 0 spiro atoms. The van der Waals surface area contributed by atoms with Crippen LogP contribution in [-0.4, -0.2) is 16.0 Å². The lowest BCUT2D eigenvalue weighted by atomic mass is 10.0. The summed E-state index contributed by atoms with van der Waals surface area (Å²) in [5, 5.41) is 8.08. The largest absolute Gasteiger partial charge is 0.294 e. The van der Waals surface area contributed by atoms with Crippen LogP contribution in [0.15, 0.2) is 18.3 Å². The molecule has 15 heavy (non-hydrogen) atoms. The first-order chi connectivity index (χ1) is 7.09. The van der Waals surface area contributed by atoms with Gasteiger partial charge in [-0.25, -0.2) is 0 Å². The molecule has 4 heteroatoms. The van der Waals surface area contributed by atoms with Crippen molar-refractivity contribution in [1.29, 1.82) is 0 Å². The molecule has 1 heterocycles. The van der Waals surface area contributed by atoms with Crippen molar-refractivity contribution in [3.05, 3.63) is 28.9 Å². The number of nitrogens with zero attached hydrogens (tertiary/aromatic N) is 1. The molecule has 3 nitrogen and oxygen atoms in total. The van der Waals surface area contributed by atoms with Crippen LogP contribution in [-0.2, 0) is 0 Å². The van der Waals surface area contributed by atoms with E-state index >= 15 is 0 Å². The number of ketones is 1. The maximum absolute atomic E-state index is 11.8. The number of hydrogen-bond acceptors (Lipinski definition) is 2. The van der Waals surface area contributed by atoms with Gasteiger partial charge in [0.05, 0.1) is 16.7 Å². The molecule has 78 valence electrons. The van der Waals surface area contributed by atoms with Gasteiger partial charge in [-0.1, -0.05) is 25.4 Å². The lowest BCUT2D eigenvalue weighted by Crippen LogP contribution is -2.07. The van der Waals surface area contributed by atoms with E-state index in [1.165, 1.54) is 0 Å². The van der Waals surface area contributed by atoms with Crippen molar-refractivity contribution in [2.24, 2.45) is 5.92 Å². The first-order valence-corrected chi connectivity index (χ1v) is 5.14. The van der Waals surface area contributed by atoms with Crippen LogP contribution < -0.4 is 0 Å². The zero-order valence-electron chi connectivity index (χ0n) is 8.54. The number of halogens is 1. The molecular weight excluding hydrogens is 212 g/mol. The third kappa shape index (κ3) is 1.75. The summed E-state index contributed by atoms with van der Waals surface area (Å²) >= 11 is 6.03. The lowest BCUT2D eigenvalue weighted by Gasteiger charge is -2.04. The molecular formula is C11H11ClN2O. The van der Waals surface area contributed by atoms with Crippen LogP contribution in [0, 0.1) is 5.92 Å². The first-order valence-electron chi connectivity index (χ1n) is 4.76. The molecule has 1 aromatic heterocycles. The van der Waals surface area contributed by atoms with Crippen molar-refractivity contribution in [3.8, 4) is 0 Å². The summed E-state index contributed by atoms with van der Waals surface area (Å²) in [5.41, 5.74) is 1.42. The van der Waals surface area contributed by atoms with Gasteiger partial charge in [0.1, 0.15) is 0 Å². The van der Waals surface area contributed by atoms with Crippen LogP contribution in [0.5, 0.6) is 0 Å². The summed E-state index contributed by atoms with van der Waals surface area (Å²) in [5.74, 6) is 0.0745. The van der Waals surface area contributed by atoms with Crippen molar-refractivity contribution in [3.63, 3.8) is 0 Å². The summed E-state index contributed by atoms with van der Waals surface area (Å²) in [6.07, 6.45) is 1.66. The molecule has 0 bridgehead atoms. The Labute approximate surface area is 92.4 Å². The molecule has 0 saturated carbocycles. The highest BCUT2D eigenvalue weighted by molar-refractivity contribution is 6.35. The second kappa shape index (κ2) is 3.66. The minimum Gasteiger partial charge on any atom is -0.294 e. The van der Waals surface area contributed by atoms with Gasteiger partial charge in [-0.15, -0.1) is 0 Å². The Balaban J connectivity index is 2.59. The van der Waals surface area contributed by atoms with Gasteiger partial charge in [0.15, 0.2) is 5.78 Å². The Bertz CT molecular complexity index is 516. The number of Topliss-reactive ketones (excluding diaryl/α,β-unsaturated/α-hetero) is 1. The molecule has 1 aromatic carbocycles. The first kappa shape index (κ1) is 10.2. The molecule has 0 fully saturated rings. The van der Waals surface area contributed by atoms with Crippen LogP contribution in [0.1, 0.15) is 24.2 Å². The van der Waals surface area contributed by atoms with Crippen molar-refractivity contribution < 1.29 is 4.79 Å². The highest BCUT2D eigenvalue weighted by atomic mass is 35.5. The summed E-state index contributed by atoms with van der Waals surface area (Å²) in [7, 11) is 0. The third-order valence-electron chi connectivity index (χ3n) is 2.31. The van der Waals surface area contributed by atoms with Gasteiger partial charge in [0.2, 0.25) is 0 Å². The minimum atomic E-state index is -0.0228. The fraction of sp³-hybridized carbons (Fsp3) is 0.273. The number of hydrogen-bond donors (Lipinski definition) is 1. The fourth-order valence-electron chi connectivity index (χ4n) is 1.49. The number of carbonyl (C=O) groups is 1. The van der Waals surface area contributed by atoms with Gasteiger partial charge < -0.3 is 0 Å². The van der Waals surface area contributed by atoms with Crippen LogP contribution in [0.4, 0.5) is 0 Å². The van der Waals surface area contributed by atoms with E-state index in [9.17, 15) is 4.79 Å². The summed E-state index contributed by atoms with van der Waals surface area (Å²) in [6.45, 7) is 3.74. The average Bonchev–Trinajstić information content (AvgIpc) is 2.64. The summed E-state index contributed by atoms with van der Waals surface area (Å²) in [4.78, 5) is 11.8. The van der Waals surface area contributed by atoms with Gasteiger partial charge in [-0.2, -0.15) is 5.10 Å². The predicted molar refractivity (Wildman–Crippen MR) is 60.3 cm³/mol. The van der Waals surface area contributed by atoms with E-state index in [4.69, 9.17) is 11.6 Å². The molecule has 2 aromatic rings. The Morgan fingerprint density at radius 3 is 2.87 bits per heavy atom.